The first-order valence-corrected chi connectivity index (χ1v) is 8.72. The van der Waals surface area contributed by atoms with Gasteiger partial charge in [-0.3, -0.25) is 19.3 Å². The zero-order valence-electron chi connectivity index (χ0n) is 12.7. The Morgan fingerprint density at radius 3 is 2.52 bits per heavy atom. The first-order chi connectivity index (χ1) is 10.9. The molecule has 126 valence electrons. The summed E-state index contributed by atoms with van der Waals surface area (Å²) in [7, 11) is 0. The first-order valence-electron chi connectivity index (χ1n) is 7.52. The number of carbonyl (C=O) groups is 3. The van der Waals surface area contributed by atoms with Crippen LogP contribution in [0.4, 0.5) is 0 Å². The van der Waals surface area contributed by atoms with E-state index in [0.717, 1.165) is 25.9 Å². The molecule has 2 heterocycles. The van der Waals surface area contributed by atoms with E-state index in [9.17, 15) is 14.4 Å². The second-order valence-electron chi connectivity index (χ2n) is 5.61. The first kappa shape index (κ1) is 17.9. The summed E-state index contributed by atoms with van der Waals surface area (Å²) < 4.78 is 0.570. The van der Waals surface area contributed by atoms with Crippen molar-refractivity contribution in [3.05, 3.63) is 21.3 Å². The van der Waals surface area contributed by atoms with E-state index in [4.69, 9.17) is 17.3 Å². The predicted octanol–water partition coefficient (Wildman–Crippen LogP) is 1.43. The summed E-state index contributed by atoms with van der Waals surface area (Å²) in [6, 6.07) is 3.46. The fourth-order valence-corrected chi connectivity index (χ4v) is 3.58. The van der Waals surface area contributed by atoms with Gasteiger partial charge in [-0.05, 0) is 25.0 Å². The van der Waals surface area contributed by atoms with Crippen molar-refractivity contribution in [1.29, 1.82) is 0 Å². The quantitative estimate of drug-likeness (QED) is 0.722. The van der Waals surface area contributed by atoms with Crippen LogP contribution in [0.2, 0.25) is 4.34 Å². The number of rotatable bonds is 7. The van der Waals surface area contributed by atoms with Crippen molar-refractivity contribution in [3.8, 4) is 0 Å². The van der Waals surface area contributed by atoms with Gasteiger partial charge < -0.3 is 11.1 Å². The summed E-state index contributed by atoms with van der Waals surface area (Å²) in [5, 5.41) is 2.95. The number of piperidine rings is 1. The number of halogens is 1. The molecule has 1 aromatic rings. The number of amides is 2. The van der Waals surface area contributed by atoms with Gasteiger partial charge in [0.1, 0.15) is 0 Å². The van der Waals surface area contributed by atoms with E-state index in [0.29, 0.717) is 9.21 Å². The standard InChI is InChI=1S/C15H20ClN3O3S/c16-13-3-2-12(23-13)11(20)1-4-15(22)18-10-5-7-19(8-6-10)9-14(17)21/h2-3,10H,1,4-9H2,(H2,17,21)(H,18,22). The van der Waals surface area contributed by atoms with Crippen LogP contribution in [-0.4, -0.2) is 48.2 Å². The highest BCUT2D eigenvalue weighted by molar-refractivity contribution is 7.18. The molecule has 1 aliphatic rings. The topological polar surface area (TPSA) is 92.5 Å². The largest absolute Gasteiger partial charge is 0.369 e. The Balaban J connectivity index is 1.67. The fraction of sp³-hybridized carbons (Fsp3) is 0.533. The number of Topliss-reactive ketones (excluding diaryl/α,β-unsaturated/α-hetero) is 1. The maximum Gasteiger partial charge on any atom is 0.231 e. The van der Waals surface area contributed by atoms with Gasteiger partial charge in [-0.25, -0.2) is 0 Å². The summed E-state index contributed by atoms with van der Waals surface area (Å²) in [5.41, 5.74) is 5.17. The van der Waals surface area contributed by atoms with Crippen molar-refractivity contribution < 1.29 is 14.4 Å². The Bertz CT molecular complexity index is 582. The van der Waals surface area contributed by atoms with Crippen LogP contribution < -0.4 is 11.1 Å². The van der Waals surface area contributed by atoms with Crippen molar-refractivity contribution in [1.82, 2.24) is 10.2 Å². The molecule has 23 heavy (non-hydrogen) atoms. The molecule has 1 saturated heterocycles. The summed E-state index contributed by atoms with van der Waals surface area (Å²) in [6.07, 6.45) is 1.93. The number of primary amides is 1. The van der Waals surface area contributed by atoms with Crippen LogP contribution in [0.1, 0.15) is 35.4 Å². The van der Waals surface area contributed by atoms with Crippen LogP contribution >= 0.6 is 22.9 Å². The number of nitrogens with one attached hydrogen (secondary N) is 1. The van der Waals surface area contributed by atoms with Gasteiger partial charge in [-0.1, -0.05) is 11.6 Å². The normalized spacial score (nSPS) is 16.2. The number of hydrogen-bond donors (Lipinski definition) is 2. The molecule has 1 aliphatic heterocycles. The van der Waals surface area contributed by atoms with E-state index in [1.165, 1.54) is 11.3 Å². The zero-order chi connectivity index (χ0) is 16.8. The van der Waals surface area contributed by atoms with Crippen molar-refractivity contribution in [3.63, 3.8) is 0 Å². The molecule has 0 radical (unpaired) electrons. The Kier molecular flexibility index (Phi) is 6.56. The lowest BCUT2D eigenvalue weighted by Gasteiger charge is -2.31. The molecule has 0 atom stereocenters. The molecular formula is C15H20ClN3O3S. The fourth-order valence-electron chi connectivity index (χ4n) is 2.57. The lowest BCUT2D eigenvalue weighted by Crippen LogP contribution is -2.46. The Morgan fingerprint density at radius 2 is 1.96 bits per heavy atom. The molecule has 3 N–H and O–H groups in total. The molecule has 2 amide bonds. The van der Waals surface area contributed by atoms with Gasteiger partial charge in [0.2, 0.25) is 11.8 Å². The number of likely N-dealkylation sites (tertiary alicyclic amines) is 1. The number of thiophene rings is 1. The van der Waals surface area contributed by atoms with Crippen molar-refractivity contribution in [2.75, 3.05) is 19.6 Å². The highest BCUT2D eigenvalue weighted by Gasteiger charge is 2.21. The van der Waals surface area contributed by atoms with E-state index >= 15 is 0 Å². The molecule has 8 heteroatoms. The van der Waals surface area contributed by atoms with E-state index in [1.54, 1.807) is 12.1 Å². The highest BCUT2D eigenvalue weighted by atomic mass is 35.5. The summed E-state index contributed by atoms with van der Waals surface area (Å²) in [5.74, 6) is -0.512. The zero-order valence-corrected chi connectivity index (χ0v) is 14.3. The molecule has 0 bridgehead atoms. The van der Waals surface area contributed by atoms with Gasteiger partial charge in [0.15, 0.2) is 5.78 Å². The van der Waals surface area contributed by atoms with E-state index in [2.05, 4.69) is 5.32 Å². The van der Waals surface area contributed by atoms with Crippen molar-refractivity contribution >= 4 is 40.5 Å². The molecule has 1 aromatic heterocycles. The minimum absolute atomic E-state index is 0.0617. The molecule has 2 rings (SSSR count). The van der Waals surface area contributed by atoms with Crippen LogP contribution in [0.25, 0.3) is 0 Å². The number of nitrogens with two attached hydrogens (primary N) is 1. The monoisotopic (exact) mass is 357 g/mol. The lowest BCUT2D eigenvalue weighted by atomic mass is 10.0. The van der Waals surface area contributed by atoms with Crippen molar-refractivity contribution in [2.24, 2.45) is 5.73 Å². The number of ketones is 1. The smallest absolute Gasteiger partial charge is 0.231 e. The van der Waals surface area contributed by atoms with Gasteiger partial charge in [0.25, 0.3) is 0 Å². The van der Waals surface area contributed by atoms with Gasteiger partial charge in [-0.2, -0.15) is 0 Å². The third kappa shape index (κ3) is 5.93. The lowest BCUT2D eigenvalue weighted by molar-refractivity contribution is -0.123. The maximum atomic E-state index is 11.9. The van der Waals surface area contributed by atoms with Gasteiger partial charge in [0.05, 0.1) is 15.8 Å². The van der Waals surface area contributed by atoms with Gasteiger partial charge in [0, 0.05) is 32.0 Å². The molecule has 0 saturated carbocycles. The summed E-state index contributed by atoms with van der Waals surface area (Å²) in [4.78, 5) is 37.3. The molecule has 6 nitrogen and oxygen atoms in total. The van der Waals surface area contributed by atoms with Crippen LogP contribution in [0.15, 0.2) is 12.1 Å². The number of carbonyl (C=O) groups excluding carboxylic acids is 3. The molecular weight excluding hydrogens is 338 g/mol. The molecule has 0 spiro atoms. The SMILES string of the molecule is NC(=O)CN1CCC(NC(=O)CCC(=O)c2ccc(Cl)s2)CC1. The molecule has 0 unspecified atom stereocenters. The van der Waals surface area contributed by atoms with Crippen LogP contribution in [-0.2, 0) is 9.59 Å². The van der Waals surface area contributed by atoms with Crippen LogP contribution in [0, 0.1) is 0 Å². The minimum Gasteiger partial charge on any atom is -0.369 e. The number of hydrogen-bond acceptors (Lipinski definition) is 5. The van der Waals surface area contributed by atoms with E-state index in [1.807, 2.05) is 4.90 Å². The third-order valence-electron chi connectivity index (χ3n) is 3.76. The number of nitrogens with zero attached hydrogens (tertiary/aromatic N) is 1. The van der Waals surface area contributed by atoms with E-state index in [-0.39, 0.29) is 43.0 Å². The average Bonchev–Trinajstić information content (AvgIpc) is 2.93. The molecule has 0 aromatic carbocycles. The third-order valence-corrected chi connectivity index (χ3v) is 5.03. The van der Waals surface area contributed by atoms with Crippen molar-refractivity contribution in [2.45, 2.75) is 31.7 Å². The second kappa shape index (κ2) is 8.42. The van der Waals surface area contributed by atoms with E-state index < -0.39 is 0 Å². The van der Waals surface area contributed by atoms with Crippen LogP contribution in [0.5, 0.6) is 0 Å². The average molecular weight is 358 g/mol. The molecule has 1 fully saturated rings. The van der Waals surface area contributed by atoms with Crippen LogP contribution in [0.3, 0.4) is 0 Å². The Morgan fingerprint density at radius 1 is 1.26 bits per heavy atom. The van der Waals surface area contributed by atoms with Gasteiger partial charge in [-0.15, -0.1) is 11.3 Å². The minimum atomic E-state index is -0.334. The predicted molar refractivity (Wildman–Crippen MR) is 89.7 cm³/mol. The second-order valence-corrected chi connectivity index (χ2v) is 7.33. The van der Waals surface area contributed by atoms with Gasteiger partial charge >= 0.3 is 0 Å². The summed E-state index contributed by atoms with van der Waals surface area (Å²) >= 11 is 7.02. The maximum absolute atomic E-state index is 11.9. The Labute approximate surface area is 144 Å². The highest BCUT2D eigenvalue weighted by Crippen LogP contribution is 2.22. The molecule has 0 aliphatic carbocycles. The summed E-state index contributed by atoms with van der Waals surface area (Å²) in [6.45, 7) is 1.74. The Hall–Kier alpha value is -1.44.